The van der Waals surface area contributed by atoms with Crippen molar-refractivity contribution in [1.82, 2.24) is 10.2 Å². The molecule has 0 saturated heterocycles. The van der Waals surface area contributed by atoms with E-state index in [0.717, 1.165) is 29.4 Å². The summed E-state index contributed by atoms with van der Waals surface area (Å²) in [5, 5.41) is 11.3. The molecule has 0 aliphatic carbocycles. The van der Waals surface area contributed by atoms with Crippen molar-refractivity contribution in [2.24, 2.45) is 0 Å². The molecular formula is C16H21N3O2S2. The van der Waals surface area contributed by atoms with Gasteiger partial charge in [-0.25, -0.2) is 0 Å². The van der Waals surface area contributed by atoms with Gasteiger partial charge in [-0.05, 0) is 30.5 Å². The molecule has 124 valence electrons. The van der Waals surface area contributed by atoms with Gasteiger partial charge in [0.15, 0.2) is 10.9 Å². The van der Waals surface area contributed by atoms with E-state index in [9.17, 15) is 4.79 Å². The zero-order chi connectivity index (χ0) is 16.5. The first-order valence-corrected chi connectivity index (χ1v) is 9.49. The second-order valence-corrected chi connectivity index (χ2v) is 7.23. The number of hydrogen-bond acceptors (Lipinski definition) is 6. The van der Waals surface area contributed by atoms with Crippen molar-refractivity contribution in [2.45, 2.75) is 37.4 Å². The molecule has 0 spiro atoms. The molecule has 1 heterocycles. The van der Waals surface area contributed by atoms with E-state index in [1.807, 2.05) is 24.3 Å². The van der Waals surface area contributed by atoms with E-state index in [1.165, 1.54) is 16.9 Å². The van der Waals surface area contributed by atoms with Crippen molar-refractivity contribution in [1.29, 1.82) is 0 Å². The highest BCUT2D eigenvalue weighted by Crippen LogP contribution is 2.26. The van der Waals surface area contributed by atoms with Crippen molar-refractivity contribution >= 4 is 34.1 Å². The number of carbonyl (C=O) groups is 1. The first-order valence-electron chi connectivity index (χ1n) is 7.69. The summed E-state index contributed by atoms with van der Waals surface area (Å²) < 4.78 is 6.34. The number of carbonyl (C=O) groups excluding carboxylic acids is 1. The molecule has 7 heteroatoms. The van der Waals surface area contributed by atoms with Crippen LogP contribution in [0.1, 0.15) is 32.3 Å². The highest BCUT2D eigenvalue weighted by molar-refractivity contribution is 8.01. The lowest BCUT2D eigenvalue weighted by atomic mass is 10.2. The zero-order valence-corrected chi connectivity index (χ0v) is 15.0. The summed E-state index contributed by atoms with van der Waals surface area (Å²) in [4.78, 5) is 11.9. The van der Waals surface area contributed by atoms with Gasteiger partial charge in [-0.15, -0.1) is 10.2 Å². The lowest BCUT2D eigenvalue weighted by Gasteiger charge is -2.06. The Morgan fingerprint density at radius 2 is 2.04 bits per heavy atom. The first kappa shape index (κ1) is 17.7. The maximum Gasteiger partial charge on any atom is 0.264 e. The van der Waals surface area contributed by atoms with E-state index in [-0.39, 0.29) is 12.5 Å². The normalized spacial score (nSPS) is 10.5. The van der Waals surface area contributed by atoms with Crippen molar-refractivity contribution < 1.29 is 9.53 Å². The van der Waals surface area contributed by atoms with Crippen LogP contribution in [0.15, 0.2) is 28.6 Å². The largest absolute Gasteiger partial charge is 0.484 e. The fourth-order valence-electron chi connectivity index (χ4n) is 1.75. The summed E-state index contributed by atoms with van der Waals surface area (Å²) >= 11 is 3.06. The van der Waals surface area contributed by atoms with Crippen LogP contribution in [-0.2, 0) is 11.2 Å². The molecule has 0 bridgehead atoms. The van der Waals surface area contributed by atoms with Crippen LogP contribution in [0.4, 0.5) is 5.13 Å². The molecule has 1 aromatic heterocycles. The van der Waals surface area contributed by atoms with Crippen molar-refractivity contribution in [2.75, 3.05) is 17.7 Å². The summed E-state index contributed by atoms with van der Waals surface area (Å²) in [6.45, 7) is 4.21. The van der Waals surface area contributed by atoms with Crippen LogP contribution in [0, 0.1) is 0 Å². The van der Waals surface area contributed by atoms with Crippen LogP contribution >= 0.6 is 23.1 Å². The minimum Gasteiger partial charge on any atom is -0.484 e. The number of aryl methyl sites for hydroxylation is 1. The molecule has 0 atom stereocenters. The fourth-order valence-corrected chi connectivity index (χ4v) is 3.67. The Balaban J connectivity index is 1.75. The standard InChI is InChI=1S/C16H21N3O2S2/c1-3-5-10-22-16-19-18-15(23-16)17-14(20)11-21-13-8-6-12(4-2)7-9-13/h6-9H,3-5,10-11H2,1-2H3,(H,17,18,20). The van der Waals surface area contributed by atoms with Crippen molar-refractivity contribution in [3.05, 3.63) is 29.8 Å². The van der Waals surface area contributed by atoms with Crippen molar-refractivity contribution in [3.8, 4) is 5.75 Å². The van der Waals surface area contributed by atoms with Gasteiger partial charge in [-0.3, -0.25) is 10.1 Å². The minimum atomic E-state index is -0.231. The third-order valence-electron chi connectivity index (χ3n) is 3.08. The number of hydrogen-bond donors (Lipinski definition) is 1. The Morgan fingerprint density at radius 3 is 2.74 bits per heavy atom. The molecule has 5 nitrogen and oxygen atoms in total. The molecule has 1 N–H and O–H groups in total. The Labute approximate surface area is 144 Å². The maximum absolute atomic E-state index is 11.9. The maximum atomic E-state index is 11.9. The quantitative estimate of drug-likeness (QED) is 0.420. The van der Waals surface area contributed by atoms with E-state index < -0.39 is 0 Å². The van der Waals surface area contributed by atoms with Gasteiger partial charge < -0.3 is 4.74 Å². The van der Waals surface area contributed by atoms with Crippen LogP contribution in [0.25, 0.3) is 0 Å². The predicted octanol–water partition coefficient (Wildman–Crippen LogP) is 4.01. The summed E-state index contributed by atoms with van der Waals surface area (Å²) in [7, 11) is 0. The molecular weight excluding hydrogens is 330 g/mol. The Kier molecular flexibility index (Phi) is 7.35. The van der Waals surface area contributed by atoms with E-state index in [1.54, 1.807) is 11.8 Å². The summed E-state index contributed by atoms with van der Waals surface area (Å²) in [5.41, 5.74) is 1.24. The van der Waals surface area contributed by atoms with Gasteiger partial charge >= 0.3 is 0 Å². The van der Waals surface area contributed by atoms with Crippen LogP contribution in [0.3, 0.4) is 0 Å². The van der Waals surface area contributed by atoms with Gasteiger partial charge in [0.05, 0.1) is 0 Å². The molecule has 1 amide bonds. The molecule has 1 aromatic carbocycles. The molecule has 2 aromatic rings. The SMILES string of the molecule is CCCCSc1nnc(NC(=O)COc2ccc(CC)cc2)s1. The molecule has 0 fully saturated rings. The molecule has 0 saturated carbocycles. The van der Waals surface area contributed by atoms with Gasteiger partial charge in [0.2, 0.25) is 5.13 Å². The number of aromatic nitrogens is 2. The average Bonchev–Trinajstić information content (AvgIpc) is 3.01. The number of anilines is 1. The topological polar surface area (TPSA) is 64.1 Å². The zero-order valence-electron chi connectivity index (χ0n) is 13.4. The van der Waals surface area contributed by atoms with Crippen LogP contribution < -0.4 is 10.1 Å². The van der Waals surface area contributed by atoms with E-state index >= 15 is 0 Å². The molecule has 0 unspecified atom stereocenters. The highest BCUT2D eigenvalue weighted by Gasteiger charge is 2.09. The summed E-state index contributed by atoms with van der Waals surface area (Å²) in [6, 6.07) is 7.74. The van der Waals surface area contributed by atoms with Crippen LogP contribution in [0.2, 0.25) is 0 Å². The number of amides is 1. The number of ether oxygens (including phenoxy) is 1. The van der Waals surface area contributed by atoms with Gasteiger partial charge in [0.25, 0.3) is 5.91 Å². The number of rotatable bonds is 9. The van der Waals surface area contributed by atoms with Gasteiger partial charge in [-0.2, -0.15) is 0 Å². The second kappa shape index (κ2) is 9.52. The number of benzene rings is 1. The molecule has 2 rings (SSSR count). The number of thioether (sulfide) groups is 1. The number of nitrogens with one attached hydrogen (secondary N) is 1. The lowest BCUT2D eigenvalue weighted by Crippen LogP contribution is -2.20. The molecule has 0 radical (unpaired) electrons. The summed E-state index contributed by atoms with van der Waals surface area (Å²) in [5.74, 6) is 1.48. The van der Waals surface area contributed by atoms with E-state index in [2.05, 4.69) is 29.4 Å². The smallest absolute Gasteiger partial charge is 0.264 e. The lowest BCUT2D eigenvalue weighted by molar-refractivity contribution is -0.118. The number of unbranched alkanes of at least 4 members (excludes halogenated alkanes) is 1. The Bertz CT molecular complexity index is 614. The van der Waals surface area contributed by atoms with Crippen molar-refractivity contribution in [3.63, 3.8) is 0 Å². The van der Waals surface area contributed by atoms with Crippen LogP contribution in [-0.4, -0.2) is 28.5 Å². The fraction of sp³-hybridized carbons (Fsp3) is 0.438. The monoisotopic (exact) mass is 351 g/mol. The van der Waals surface area contributed by atoms with Gasteiger partial charge in [0.1, 0.15) is 5.75 Å². The third-order valence-corrected chi connectivity index (χ3v) is 5.14. The van der Waals surface area contributed by atoms with Gasteiger partial charge in [-0.1, -0.05) is 55.5 Å². The third kappa shape index (κ3) is 6.19. The minimum absolute atomic E-state index is 0.0383. The van der Waals surface area contributed by atoms with Crippen LogP contribution in [0.5, 0.6) is 5.75 Å². The molecule has 0 aliphatic heterocycles. The average molecular weight is 351 g/mol. The Hall–Kier alpha value is -1.60. The van der Waals surface area contributed by atoms with Gasteiger partial charge in [0, 0.05) is 5.75 Å². The van der Waals surface area contributed by atoms with E-state index in [0.29, 0.717) is 10.9 Å². The second-order valence-electron chi connectivity index (χ2n) is 4.91. The molecule has 23 heavy (non-hydrogen) atoms. The highest BCUT2D eigenvalue weighted by atomic mass is 32.2. The molecule has 0 aliphatic rings. The summed E-state index contributed by atoms with van der Waals surface area (Å²) in [6.07, 6.45) is 3.29. The predicted molar refractivity (Wildman–Crippen MR) is 95.5 cm³/mol. The van der Waals surface area contributed by atoms with E-state index in [4.69, 9.17) is 4.74 Å². The Morgan fingerprint density at radius 1 is 1.26 bits per heavy atom. The first-order chi connectivity index (χ1) is 11.2. The number of nitrogens with zero attached hydrogens (tertiary/aromatic N) is 2.